The molecule has 8 heteroatoms. The van der Waals surface area contributed by atoms with Crippen molar-refractivity contribution in [1.29, 1.82) is 0 Å². The fraction of sp³-hybridized carbons (Fsp3) is 0.261. The smallest absolute Gasteiger partial charge is 0.261 e. The Morgan fingerprint density at radius 2 is 1.81 bits per heavy atom. The van der Waals surface area contributed by atoms with Crippen LogP contribution in [0, 0.1) is 5.82 Å². The first kappa shape index (κ1) is 21.2. The van der Waals surface area contributed by atoms with Crippen molar-refractivity contribution >= 4 is 29.0 Å². The van der Waals surface area contributed by atoms with Crippen molar-refractivity contribution in [3.63, 3.8) is 0 Å². The topological polar surface area (TPSA) is 52.6 Å². The molecule has 2 aromatic heterocycles. The molecule has 0 atom stereocenters. The predicted molar refractivity (Wildman–Crippen MR) is 120 cm³/mol. The van der Waals surface area contributed by atoms with Crippen LogP contribution in [0.5, 0.6) is 0 Å². The Morgan fingerprint density at radius 1 is 1.06 bits per heavy atom. The van der Waals surface area contributed by atoms with Crippen LogP contribution < -0.4 is 9.80 Å². The first-order chi connectivity index (χ1) is 15.0. The number of rotatable bonds is 5. The Hall–Kier alpha value is -3.03. The normalized spacial score (nSPS) is 14.5. The first-order valence-electron chi connectivity index (χ1n) is 10.1. The van der Waals surface area contributed by atoms with Crippen LogP contribution in [0.3, 0.4) is 0 Å². The molecule has 1 aliphatic rings. The highest BCUT2D eigenvalue weighted by Gasteiger charge is 2.22. The molecule has 0 radical (unpaired) electrons. The molecule has 160 valence electrons. The Bertz CT molecular complexity index is 1040. The molecule has 4 rings (SSSR count). The van der Waals surface area contributed by atoms with E-state index in [-0.39, 0.29) is 29.0 Å². The monoisotopic (exact) mass is 439 g/mol. The van der Waals surface area contributed by atoms with Gasteiger partial charge in [0.1, 0.15) is 16.8 Å². The third kappa shape index (κ3) is 5.00. The van der Waals surface area contributed by atoms with Gasteiger partial charge in [-0.05, 0) is 55.1 Å². The number of nitrogens with zero attached hydrogens (tertiary/aromatic N) is 5. The zero-order valence-corrected chi connectivity index (χ0v) is 18.0. The molecule has 0 bridgehead atoms. The lowest BCUT2D eigenvalue weighted by atomic mass is 10.1. The molecule has 1 aliphatic heterocycles. The van der Waals surface area contributed by atoms with Crippen LogP contribution >= 0.6 is 11.6 Å². The molecule has 0 saturated carbocycles. The molecule has 31 heavy (non-hydrogen) atoms. The lowest BCUT2D eigenvalue weighted by molar-refractivity contribution is 0.0985. The fourth-order valence-electron chi connectivity index (χ4n) is 3.51. The summed E-state index contributed by atoms with van der Waals surface area (Å²) < 4.78 is 13.5. The van der Waals surface area contributed by atoms with E-state index in [1.54, 1.807) is 35.4 Å². The van der Waals surface area contributed by atoms with Crippen molar-refractivity contribution in [3.05, 3.63) is 83.0 Å². The molecule has 1 fully saturated rings. The number of halogens is 2. The van der Waals surface area contributed by atoms with E-state index >= 15 is 0 Å². The average molecular weight is 440 g/mol. The molecule has 0 aliphatic carbocycles. The summed E-state index contributed by atoms with van der Waals surface area (Å²) in [6.07, 6.45) is 3.31. The highest BCUT2D eigenvalue weighted by Crippen LogP contribution is 2.24. The van der Waals surface area contributed by atoms with E-state index in [4.69, 9.17) is 11.6 Å². The van der Waals surface area contributed by atoms with Gasteiger partial charge in [0.2, 0.25) is 0 Å². The van der Waals surface area contributed by atoms with Gasteiger partial charge in [-0.1, -0.05) is 17.7 Å². The second-order valence-corrected chi connectivity index (χ2v) is 7.88. The molecule has 6 nitrogen and oxygen atoms in total. The number of hydrogen-bond donors (Lipinski definition) is 0. The van der Waals surface area contributed by atoms with Crippen molar-refractivity contribution in [2.24, 2.45) is 0 Å². The van der Waals surface area contributed by atoms with E-state index in [0.717, 1.165) is 37.6 Å². The van der Waals surface area contributed by atoms with Gasteiger partial charge in [-0.25, -0.2) is 14.4 Å². The summed E-state index contributed by atoms with van der Waals surface area (Å²) in [5, 5.41) is 0.128. The van der Waals surface area contributed by atoms with Gasteiger partial charge >= 0.3 is 0 Å². The van der Waals surface area contributed by atoms with Crippen molar-refractivity contribution in [2.75, 3.05) is 43.0 Å². The number of carbonyl (C=O) groups is 1. The van der Waals surface area contributed by atoms with E-state index in [9.17, 15) is 9.18 Å². The van der Waals surface area contributed by atoms with Crippen molar-refractivity contribution < 1.29 is 9.18 Å². The Balaban J connectivity index is 1.58. The van der Waals surface area contributed by atoms with Crippen LogP contribution in [-0.4, -0.2) is 54.0 Å². The molecule has 1 aromatic carbocycles. The molecule has 3 heterocycles. The van der Waals surface area contributed by atoms with Crippen LogP contribution in [0.15, 0.2) is 60.9 Å². The average Bonchev–Trinajstić information content (AvgIpc) is 2.79. The second kappa shape index (κ2) is 9.41. The van der Waals surface area contributed by atoms with Crippen LogP contribution in [0.25, 0.3) is 0 Å². The summed E-state index contributed by atoms with van der Waals surface area (Å²) in [5.74, 6) is 0.244. The largest absolute Gasteiger partial charge is 0.354 e. The molecule has 3 aromatic rings. The van der Waals surface area contributed by atoms with Crippen molar-refractivity contribution in [1.82, 2.24) is 14.9 Å². The maximum atomic E-state index is 13.5. The quantitative estimate of drug-likeness (QED) is 0.565. The van der Waals surface area contributed by atoms with Gasteiger partial charge in [0.05, 0.1) is 12.1 Å². The summed E-state index contributed by atoms with van der Waals surface area (Å²) in [6, 6.07) is 13.0. The summed E-state index contributed by atoms with van der Waals surface area (Å²) in [5.41, 5.74) is 1.71. The van der Waals surface area contributed by atoms with Crippen molar-refractivity contribution in [2.45, 2.75) is 6.54 Å². The SMILES string of the molecule is CN1CCN(c2ccc(CN(C(=O)c3cccnc3Cl)c3ccc(F)cc3)cn2)CC1. The van der Waals surface area contributed by atoms with E-state index in [1.807, 2.05) is 12.1 Å². The number of benzene rings is 1. The summed E-state index contributed by atoms with van der Waals surface area (Å²) in [7, 11) is 2.11. The molecule has 0 unspecified atom stereocenters. The van der Waals surface area contributed by atoms with Crippen LogP contribution in [0.4, 0.5) is 15.9 Å². The van der Waals surface area contributed by atoms with Crippen LogP contribution in [-0.2, 0) is 6.54 Å². The molecule has 1 amide bonds. The summed E-state index contributed by atoms with van der Waals surface area (Å²) >= 11 is 6.16. The molecule has 0 N–H and O–H groups in total. The van der Waals surface area contributed by atoms with Crippen LogP contribution in [0.1, 0.15) is 15.9 Å². The standard InChI is InChI=1S/C23H23ClFN5O/c1-28-11-13-29(14-12-28)21-9-4-17(15-27-21)16-30(19-7-5-18(25)6-8-19)23(31)20-3-2-10-26-22(20)24/h2-10,15H,11-14,16H2,1H3. The minimum Gasteiger partial charge on any atom is -0.354 e. The lowest BCUT2D eigenvalue weighted by Gasteiger charge is -2.33. The van der Waals surface area contributed by atoms with Gasteiger partial charge in [0, 0.05) is 44.3 Å². The highest BCUT2D eigenvalue weighted by atomic mass is 35.5. The predicted octanol–water partition coefficient (Wildman–Crippen LogP) is 3.87. The van der Waals surface area contributed by atoms with Crippen LogP contribution in [0.2, 0.25) is 5.15 Å². The third-order valence-corrected chi connectivity index (χ3v) is 5.65. The molecule has 0 spiro atoms. The second-order valence-electron chi connectivity index (χ2n) is 7.52. The number of hydrogen-bond acceptors (Lipinski definition) is 5. The number of likely N-dealkylation sites (N-methyl/N-ethyl adjacent to an activating group) is 1. The van der Waals surface area contributed by atoms with Crippen molar-refractivity contribution in [3.8, 4) is 0 Å². The lowest BCUT2D eigenvalue weighted by Crippen LogP contribution is -2.44. The third-order valence-electron chi connectivity index (χ3n) is 5.35. The molecular formula is C23H23ClFN5O. The zero-order chi connectivity index (χ0) is 21.8. The van der Waals surface area contributed by atoms with E-state index in [1.165, 1.54) is 18.3 Å². The molecule has 1 saturated heterocycles. The Morgan fingerprint density at radius 3 is 2.45 bits per heavy atom. The van der Waals surface area contributed by atoms with E-state index in [0.29, 0.717) is 5.69 Å². The summed E-state index contributed by atoms with van der Waals surface area (Å²) in [6.45, 7) is 4.14. The first-order valence-corrected chi connectivity index (χ1v) is 10.5. The number of aromatic nitrogens is 2. The zero-order valence-electron chi connectivity index (χ0n) is 17.2. The van der Waals surface area contributed by atoms with Gasteiger partial charge in [0.15, 0.2) is 0 Å². The van der Waals surface area contributed by atoms with Gasteiger partial charge < -0.3 is 14.7 Å². The number of amides is 1. The molecular weight excluding hydrogens is 417 g/mol. The fourth-order valence-corrected chi connectivity index (χ4v) is 3.71. The van der Waals surface area contributed by atoms with Gasteiger partial charge in [-0.15, -0.1) is 0 Å². The number of carbonyl (C=O) groups excluding carboxylic acids is 1. The Labute approximate surface area is 185 Å². The minimum atomic E-state index is -0.367. The number of piperazine rings is 1. The van der Waals surface area contributed by atoms with Gasteiger partial charge in [-0.2, -0.15) is 0 Å². The Kier molecular flexibility index (Phi) is 6.44. The highest BCUT2D eigenvalue weighted by molar-refractivity contribution is 6.33. The van der Waals surface area contributed by atoms with E-state index < -0.39 is 0 Å². The van der Waals surface area contributed by atoms with E-state index in [2.05, 4.69) is 26.8 Å². The van der Waals surface area contributed by atoms with Gasteiger partial charge in [-0.3, -0.25) is 4.79 Å². The number of pyridine rings is 2. The minimum absolute atomic E-state index is 0.128. The summed E-state index contributed by atoms with van der Waals surface area (Å²) in [4.78, 5) is 28.0. The number of anilines is 2. The van der Waals surface area contributed by atoms with Gasteiger partial charge in [0.25, 0.3) is 5.91 Å². The maximum absolute atomic E-state index is 13.5. The maximum Gasteiger partial charge on any atom is 0.261 e.